The third-order valence-electron chi connectivity index (χ3n) is 2.09. The maximum Gasteiger partial charge on any atom is 0.236 e. The van der Waals surface area contributed by atoms with Gasteiger partial charge in [0.15, 0.2) is 0 Å². The number of aromatic nitrogens is 3. The van der Waals surface area contributed by atoms with Crippen molar-refractivity contribution in [3.05, 3.63) is 41.2 Å². The van der Waals surface area contributed by atoms with E-state index in [1.54, 1.807) is 0 Å². The second-order valence-corrected chi connectivity index (χ2v) is 4.92. The van der Waals surface area contributed by atoms with E-state index in [1.807, 2.05) is 24.3 Å². The number of aromatic amines is 1. The molecule has 0 saturated heterocycles. The highest BCUT2D eigenvalue weighted by Gasteiger charge is 2.04. The summed E-state index contributed by atoms with van der Waals surface area (Å²) in [5, 5.41) is 9.53. The van der Waals surface area contributed by atoms with Gasteiger partial charge in [-0.05, 0) is 17.7 Å². The van der Waals surface area contributed by atoms with Crippen LogP contribution in [0.15, 0.2) is 30.6 Å². The van der Waals surface area contributed by atoms with Gasteiger partial charge in [0.25, 0.3) is 0 Å². The van der Waals surface area contributed by atoms with Crippen LogP contribution < -0.4 is 5.32 Å². The summed E-state index contributed by atoms with van der Waals surface area (Å²) in [4.78, 5) is 15.3. The Morgan fingerprint density at radius 1 is 1.39 bits per heavy atom. The van der Waals surface area contributed by atoms with Crippen LogP contribution in [0.3, 0.4) is 0 Å². The highest BCUT2D eigenvalue weighted by atomic mass is 35.5. The summed E-state index contributed by atoms with van der Waals surface area (Å²) in [5.41, 5.74) is 1.14. The summed E-state index contributed by atoms with van der Waals surface area (Å²) in [6, 6.07) is 7.57. The van der Waals surface area contributed by atoms with Crippen molar-refractivity contribution in [1.29, 1.82) is 0 Å². The second kappa shape index (κ2) is 6.42. The zero-order valence-corrected chi connectivity index (χ0v) is 11.0. The summed E-state index contributed by atoms with van der Waals surface area (Å²) >= 11 is 7.31. The van der Waals surface area contributed by atoms with Gasteiger partial charge in [0.2, 0.25) is 11.9 Å². The molecule has 1 amide bonds. The minimum atomic E-state index is -0.106. The first-order valence-corrected chi connectivity index (χ1v) is 6.75. The number of nitrogens with zero attached hydrogens (tertiary/aromatic N) is 2. The Kier molecular flexibility index (Phi) is 4.60. The highest BCUT2D eigenvalue weighted by molar-refractivity contribution is 7.99. The number of carbonyl (C=O) groups excluding carboxylic acids is 1. The van der Waals surface area contributed by atoms with Crippen molar-refractivity contribution in [3.8, 4) is 0 Å². The second-order valence-electron chi connectivity index (χ2n) is 3.50. The van der Waals surface area contributed by atoms with Gasteiger partial charge in [-0.25, -0.2) is 5.10 Å². The molecule has 0 unspecified atom stereocenters. The fourth-order valence-corrected chi connectivity index (χ4v) is 2.19. The fourth-order valence-electron chi connectivity index (χ4n) is 1.28. The van der Waals surface area contributed by atoms with E-state index in [-0.39, 0.29) is 5.91 Å². The predicted octanol–water partition coefficient (Wildman–Crippen LogP) is 2.33. The van der Waals surface area contributed by atoms with E-state index in [9.17, 15) is 4.79 Å². The lowest BCUT2D eigenvalue weighted by atomic mass is 10.2. The molecule has 2 N–H and O–H groups in total. The zero-order chi connectivity index (χ0) is 12.8. The fraction of sp³-hybridized carbons (Fsp3) is 0.182. The number of thioether (sulfide) groups is 1. The SMILES string of the molecule is O=C(CSCc1ccc(Cl)cc1)Nc1ncn[nH]1. The van der Waals surface area contributed by atoms with E-state index in [0.717, 1.165) is 11.3 Å². The van der Waals surface area contributed by atoms with E-state index in [1.165, 1.54) is 18.1 Å². The Bertz CT molecular complexity index is 500. The van der Waals surface area contributed by atoms with Crippen LogP contribution >= 0.6 is 23.4 Å². The van der Waals surface area contributed by atoms with E-state index in [2.05, 4.69) is 20.5 Å². The molecule has 0 radical (unpaired) electrons. The van der Waals surface area contributed by atoms with Crippen molar-refractivity contribution in [2.24, 2.45) is 0 Å². The van der Waals surface area contributed by atoms with Crippen LogP contribution in [0.4, 0.5) is 5.95 Å². The van der Waals surface area contributed by atoms with Crippen molar-refractivity contribution in [2.75, 3.05) is 11.1 Å². The average Bonchev–Trinajstić information content (AvgIpc) is 2.84. The highest BCUT2D eigenvalue weighted by Crippen LogP contribution is 2.15. The number of H-pyrrole nitrogens is 1. The first-order chi connectivity index (χ1) is 8.74. The molecule has 1 aromatic heterocycles. The van der Waals surface area contributed by atoms with Gasteiger partial charge in [-0.3, -0.25) is 10.1 Å². The maximum absolute atomic E-state index is 11.5. The average molecular weight is 283 g/mol. The van der Waals surface area contributed by atoms with E-state index < -0.39 is 0 Å². The van der Waals surface area contributed by atoms with Gasteiger partial charge in [0.1, 0.15) is 6.33 Å². The number of anilines is 1. The summed E-state index contributed by atoms with van der Waals surface area (Å²) in [5.74, 6) is 1.39. The van der Waals surface area contributed by atoms with Crippen molar-refractivity contribution in [2.45, 2.75) is 5.75 Å². The van der Waals surface area contributed by atoms with Crippen LogP contribution in [0.5, 0.6) is 0 Å². The number of hydrogen-bond donors (Lipinski definition) is 2. The van der Waals surface area contributed by atoms with Gasteiger partial charge in [0.05, 0.1) is 5.75 Å². The minimum Gasteiger partial charge on any atom is -0.294 e. The molecule has 0 fully saturated rings. The van der Waals surface area contributed by atoms with Gasteiger partial charge >= 0.3 is 0 Å². The van der Waals surface area contributed by atoms with Crippen LogP contribution in [-0.2, 0) is 10.5 Å². The monoisotopic (exact) mass is 282 g/mol. The quantitative estimate of drug-likeness (QED) is 0.883. The molecule has 94 valence electrons. The number of amides is 1. The Labute approximate surface area is 113 Å². The molecular formula is C11H11ClN4OS. The zero-order valence-electron chi connectivity index (χ0n) is 9.39. The number of benzene rings is 1. The van der Waals surface area contributed by atoms with Crippen LogP contribution in [0.25, 0.3) is 0 Å². The lowest BCUT2D eigenvalue weighted by Gasteiger charge is -2.02. The molecule has 0 aliphatic carbocycles. The molecule has 0 aliphatic rings. The number of halogens is 1. The van der Waals surface area contributed by atoms with Crippen LogP contribution in [0, 0.1) is 0 Å². The molecule has 2 rings (SSSR count). The number of carbonyl (C=O) groups is 1. The van der Waals surface area contributed by atoms with Crippen LogP contribution in [0.2, 0.25) is 5.02 Å². The minimum absolute atomic E-state index is 0.106. The number of rotatable bonds is 5. The van der Waals surface area contributed by atoms with Crippen LogP contribution in [0.1, 0.15) is 5.56 Å². The molecular weight excluding hydrogens is 272 g/mol. The Balaban J connectivity index is 1.72. The molecule has 0 aliphatic heterocycles. The third-order valence-corrected chi connectivity index (χ3v) is 3.34. The van der Waals surface area contributed by atoms with Crippen molar-refractivity contribution in [3.63, 3.8) is 0 Å². The smallest absolute Gasteiger partial charge is 0.236 e. The van der Waals surface area contributed by atoms with Gasteiger partial charge in [0, 0.05) is 10.8 Å². The number of hydrogen-bond acceptors (Lipinski definition) is 4. The molecule has 1 heterocycles. The van der Waals surface area contributed by atoms with Gasteiger partial charge < -0.3 is 0 Å². The Morgan fingerprint density at radius 3 is 2.83 bits per heavy atom. The standard InChI is InChI=1S/C11H11ClN4OS/c12-9-3-1-8(2-4-9)5-18-6-10(17)15-11-13-7-14-16-11/h1-4,7H,5-6H2,(H2,13,14,15,16,17). The van der Waals surface area contributed by atoms with Crippen LogP contribution in [-0.4, -0.2) is 26.8 Å². The van der Waals surface area contributed by atoms with E-state index >= 15 is 0 Å². The van der Waals surface area contributed by atoms with Crippen molar-refractivity contribution >= 4 is 35.2 Å². The van der Waals surface area contributed by atoms with E-state index in [0.29, 0.717) is 16.7 Å². The molecule has 5 nitrogen and oxygen atoms in total. The van der Waals surface area contributed by atoms with Crippen molar-refractivity contribution in [1.82, 2.24) is 15.2 Å². The normalized spacial score (nSPS) is 10.3. The third kappa shape index (κ3) is 4.05. The lowest BCUT2D eigenvalue weighted by molar-refractivity contribution is -0.113. The summed E-state index contributed by atoms with van der Waals surface area (Å²) in [7, 11) is 0. The van der Waals surface area contributed by atoms with Gasteiger partial charge in [-0.2, -0.15) is 10.1 Å². The van der Waals surface area contributed by atoms with Gasteiger partial charge in [-0.15, -0.1) is 11.8 Å². The molecule has 7 heteroatoms. The maximum atomic E-state index is 11.5. The van der Waals surface area contributed by atoms with Crippen molar-refractivity contribution < 1.29 is 4.79 Å². The van der Waals surface area contributed by atoms with Gasteiger partial charge in [-0.1, -0.05) is 23.7 Å². The van der Waals surface area contributed by atoms with E-state index in [4.69, 9.17) is 11.6 Å². The molecule has 1 aromatic carbocycles. The molecule has 18 heavy (non-hydrogen) atoms. The largest absolute Gasteiger partial charge is 0.294 e. The summed E-state index contributed by atoms with van der Waals surface area (Å²) in [6.45, 7) is 0. The summed E-state index contributed by atoms with van der Waals surface area (Å²) < 4.78 is 0. The first kappa shape index (κ1) is 12.9. The lowest BCUT2D eigenvalue weighted by Crippen LogP contribution is -2.15. The molecule has 2 aromatic rings. The molecule has 0 atom stereocenters. The molecule has 0 saturated carbocycles. The molecule has 0 bridgehead atoms. The summed E-state index contributed by atoms with van der Waals surface area (Å²) in [6.07, 6.45) is 1.34. The Hall–Kier alpha value is -1.53. The predicted molar refractivity (Wildman–Crippen MR) is 72.6 cm³/mol. The first-order valence-electron chi connectivity index (χ1n) is 5.21. The Morgan fingerprint density at radius 2 is 2.17 bits per heavy atom. The topological polar surface area (TPSA) is 70.7 Å². The number of nitrogens with one attached hydrogen (secondary N) is 2. The molecule has 0 spiro atoms.